The molecule has 3 amide bonds. The molecule has 0 saturated carbocycles. The van der Waals surface area contributed by atoms with Crippen LogP contribution in [0.4, 0.5) is 16.2 Å². The van der Waals surface area contributed by atoms with Crippen molar-refractivity contribution >= 4 is 46.5 Å². The summed E-state index contributed by atoms with van der Waals surface area (Å²) in [5, 5.41) is 6.47. The number of rotatable bonds is 5. The van der Waals surface area contributed by atoms with Crippen LogP contribution in [-0.2, 0) is 4.79 Å². The van der Waals surface area contributed by atoms with Crippen molar-refractivity contribution in [3.63, 3.8) is 0 Å². The van der Waals surface area contributed by atoms with Crippen molar-refractivity contribution in [1.82, 2.24) is 4.90 Å². The summed E-state index contributed by atoms with van der Waals surface area (Å²) in [6.45, 7) is 1.62. The zero-order valence-corrected chi connectivity index (χ0v) is 17.5. The Morgan fingerprint density at radius 1 is 1.00 bits per heavy atom. The van der Waals surface area contributed by atoms with Crippen LogP contribution >= 0.6 is 23.2 Å². The van der Waals surface area contributed by atoms with E-state index in [0.29, 0.717) is 47.7 Å². The molecule has 1 aliphatic heterocycles. The fraction of sp³-hybridized carbons (Fsp3) is 0.333. The van der Waals surface area contributed by atoms with Gasteiger partial charge in [-0.1, -0.05) is 41.4 Å². The van der Waals surface area contributed by atoms with Gasteiger partial charge in [0.15, 0.2) is 0 Å². The van der Waals surface area contributed by atoms with Crippen LogP contribution in [0.25, 0.3) is 0 Å². The molecule has 6 nitrogen and oxygen atoms in total. The Hall–Kier alpha value is -2.28. The molecular formula is C21H24Cl2N4O2. The van der Waals surface area contributed by atoms with Crippen molar-refractivity contribution in [2.24, 2.45) is 5.73 Å². The van der Waals surface area contributed by atoms with E-state index in [9.17, 15) is 9.59 Å². The first kappa shape index (κ1) is 21.4. The highest BCUT2D eigenvalue weighted by Gasteiger charge is 2.24. The van der Waals surface area contributed by atoms with Crippen molar-refractivity contribution in [2.45, 2.75) is 25.2 Å². The van der Waals surface area contributed by atoms with Crippen LogP contribution < -0.4 is 16.4 Å². The standard InChI is InChI=1S/C21H24Cl2N4O2/c22-17-2-1-3-18(23)20(17)26-21(29)27-12-9-15(10-13-27)14-4-6-16(7-5-14)25-19(28)8-11-24/h1-7,15H,8-13,24H2,(H,25,28)(H,26,29). The Bertz CT molecular complexity index is 845. The smallest absolute Gasteiger partial charge is 0.321 e. The Labute approximate surface area is 180 Å². The molecule has 0 aliphatic carbocycles. The molecule has 3 rings (SSSR count). The molecule has 154 valence electrons. The first-order chi connectivity index (χ1) is 14.0. The highest BCUT2D eigenvalue weighted by atomic mass is 35.5. The minimum Gasteiger partial charge on any atom is -0.330 e. The van der Waals surface area contributed by atoms with Gasteiger partial charge in [-0.25, -0.2) is 4.79 Å². The number of nitrogens with zero attached hydrogens (tertiary/aromatic N) is 1. The second-order valence-electron chi connectivity index (χ2n) is 7.00. The molecule has 2 aromatic rings. The minimum absolute atomic E-state index is 0.0850. The van der Waals surface area contributed by atoms with Gasteiger partial charge < -0.3 is 21.3 Å². The maximum Gasteiger partial charge on any atom is 0.321 e. The predicted molar refractivity (Wildman–Crippen MR) is 118 cm³/mol. The van der Waals surface area contributed by atoms with Crippen LogP contribution in [0.3, 0.4) is 0 Å². The van der Waals surface area contributed by atoms with Crippen LogP contribution in [0.2, 0.25) is 10.0 Å². The van der Waals surface area contributed by atoms with Crippen LogP contribution in [0.15, 0.2) is 42.5 Å². The van der Waals surface area contributed by atoms with Crippen molar-refractivity contribution in [3.8, 4) is 0 Å². The highest BCUT2D eigenvalue weighted by molar-refractivity contribution is 6.39. The van der Waals surface area contributed by atoms with Crippen LogP contribution in [0.5, 0.6) is 0 Å². The number of para-hydroxylation sites is 1. The van der Waals surface area contributed by atoms with Gasteiger partial charge in [-0.15, -0.1) is 0 Å². The third-order valence-electron chi connectivity index (χ3n) is 5.01. The van der Waals surface area contributed by atoms with Gasteiger partial charge in [-0.05, 0) is 48.6 Å². The number of halogens is 2. The molecule has 1 saturated heterocycles. The Morgan fingerprint density at radius 2 is 1.62 bits per heavy atom. The van der Waals surface area contributed by atoms with E-state index in [1.54, 1.807) is 23.1 Å². The fourth-order valence-corrected chi connectivity index (χ4v) is 3.90. The topological polar surface area (TPSA) is 87.5 Å². The number of anilines is 2. The lowest BCUT2D eigenvalue weighted by atomic mass is 9.89. The minimum atomic E-state index is -0.198. The zero-order valence-electron chi connectivity index (χ0n) is 16.0. The largest absolute Gasteiger partial charge is 0.330 e. The number of likely N-dealkylation sites (tertiary alicyclic amines) is 1. The van der Waals surface area contributed by atoms with E-state index in [-0.39, 0.29) is 11.9 Å². The predicted octanol–water partition coefficient (Wildman–Crippen LogP) is 4.69. The molecule has 0 radical (unpaired) electrons. The fourth-order valence-electron chi connectivity index (χ4n) is 3.41. The molecule has 0 bridgehead atoms. The molecule has 1 heterocycles. The van der Waals surface area contributed by atoms with Gasteiger partial charge in [0.25, 0.3) is 0 Å². The number of carbonyl (C=O) groups is 2. The molecule has 1 aliphatic rings. The van der Waals surface area contributed by atoms with Gasteiger partial charge >= 0.3 is 6.03 Å². The van der Waals surface area contributed by atoms with Crippen LogP contribution in [-0.4, -0.2) is 36.5 Å². The first-order valence-electron chi connectivity index (χ1n) is 9.57. The van der Waals surface area contributed by atoms with E-state index < -0.39 is 0 Å². The molecule has 8 heteroatoms. The number of nitrogens with two attached hydrogens (primary N) is 1. The lowest BCUT2D eigenvalue weighted by Gasteiger charge is -2.32. The number of hydrogen-bond donors (Lipinski definition) is 3. The summed E-state index contributed by atoms with van der Waals surface area (Å²) in [4.78, 5) is 26.0. The first-order valence-corrected chi connectivity index (χ1v) is 10.3. The van der Waals surface area contributed by atoms with E-state index in [0.717, 1.165) is 18.5 Å². The summed E-state index contributed by atoms with van der Waals surface area (Å²) in [5.41, 5.74) is 7.80. The second kappa shape index (κ2) is 9.96. The summed E-state index contributed by atoms with van der Waals surface area (Å²) in [7, 11) is 0. The molecule has 1 fully saturated rings. The van der Waals surface area contributed by atoms with Gasteiger partial charge in [0.2, 0.25) is 5.91 Å². The van der Waals surface area contributed by atoms with Crippen molar-refractivity contribution < 1.29 is 9.59 Å². The Balaban J connectivity index is 1.53. The molecule has 29 heavy (non-hydrogen) atoms. The number of piperidine rings is 1. The molecule has 0 unspecified atom stereocenters. The molecule has 2 aromatic carbocycles. The maximum atomic E-state index is 12.6. The third-order valence-corrected chi connectivity index (χ3v) is 5.64. The second-order valence-corrected chi connectivity index (χ2v) is 7.81. The van der Waals surface area contributed by atoms with Crippen molar-refractivity contribution in [3.05, 3.63) is 58.1 Å². The van der Waals surface area contributed by atoms with Gasteiger partial charge in [-0.2, -0.15) is 0 Å². The van der Waals surface area contributed by atoms with Gasteiger partial charge in [0.05, 0.1) is 15.7 Å². The zero-order chi connectivity index (χ0) is 20.8. The summed E-state index contributed by atoms with van der Waals surface area (Å²) < 4.78 is 0. The summed E-state index contributed by atoms with van der Waals surface area (Å²) >= 11 is 12.3. The molecule has 0 spiro atoms. The van der Waals surface area contributed by atoms with Gasteiger partial charge in [0.1, 0.15) is 0 Å². The molecule has 4 N–H and O–H groups in total. The van der Waals surface area contributed by atoms with E-state index in [4.69, 9.17) is 28.9 Å². The van der Waals surface area contributed by atoms with Crippen molar-refractivity contribution in [1.29, 1.82) is 0 Å². The van der Waals surface area contributed by atoms with Crippen molar-refractivity contribution in [2.75, 3.05) is 30.3 Å². The summed E-state index contributed by atoms with van der Waals surface area (Å²) in [6.07, 6.45) is 2.03. The highest BCUT2D eigenvalue weighted by Crippen LogP contribution is 2.32. The van der Waals surface area contributed by atoms with E-state index in [1.165, 1.54) is 5.56 Å². The molecular weight excluding hydrogens is 411 g/mol. The number of nitrogens with one attached hydrogen (secondary N) is 2. The summed E-state index contributed by atoms with van der Waals surface area (Å²) in [5.74, 6) is 0.287. The normalized spacial score (nSPS) is 14.5. The average molecular weight is 435 g/mol. The Morgan fingerprint density at radius 3 is 2.21 bits per heavy atom. The lowest BCUT2D eigenvalue weighted by molar-refractivity contribution is -0.116. The average Bonchev–Trinajstić information content (AvgIpc) is 2.71. The molecule has 0 aromatic heterocycles. The van der Waals surface area contributed by atoms with E-state index in [1.807, 2.05) is 24.3 Å². The number of amides is 3. The number of urea groups is 1. The monoisotopic (exact) mass is 434 g/mol. The van der Waals surface area contributed by atoms with Crippen LogP contribution in [0, 0.1) is 0 Å². The number of hydrogen-bond acceptors (Lipinski definition) is 3. The quantitative estimate of drug-likeness (QED) is 0.637. The van der Waals surface area contributed by atoms with E-state index in [2.05, 4.69) is 10.6 Å². The van der Waals surface area contributed by atoms with Gasteiger partial charge in [0, 0.05) is 31.7 Å². The third kappa shape index (κ3) is 5.63. The number of carbonyl (C=O) groups excluding carboxylic acids is 2. The number of benzene rings is 2. The Kier molecular flexibility index (Phi) is 7.36. The van der Waals surface area contributed by atoms with Crippen LogP contribution in [0.1, 0.15) is 30.7 Å². The lowest BCUT2D eigenvalue weighted by Crippen LogP contribution is -2.40. The molecule has 0 atom stereocenters. The maximum absolute atomic E-state index is 12.6. The van der Waals surface area contributed by atoms with Gasteiger partial charge in [-0.3, -0.25) is 4.79 Å². The van der Waals surface area contributed by atoms with E-state index >= 15 is 0 Å². The SMILES string of the molecule is NCCC(=O)Nc1ccc(C2CCN(C(=O)Nc3c(Cl)cccc3Cl)CC2)cc1. The summed E-state index contributed by atoms with van der Waals surface area (Å²) in [6, 6.07) is 12.8.